The summed E-state index contributed by atoms with van der Waals surface area (Å²) >= 11 is 1.59. The average molecular weight is 282 g/mol. The molecule has 100 valence electrons. The van der Waals surface area contributed by atoms with Gasteiger partial charge in [-0.05, 0) is 60.7 Å². The fraction of sp³-hybridized carbons (Fsp3) is 0.235. The molecule has 0 saturated heterocycles. The molecule has 0 atom stereocenters. The highest BCUT2D eigenvalue weighted by Gasteiger charge is 2.20. The molecule has 0 aliphatic heterocycles. The van der Waals surface area contributed by atoms with E-state index in [9.17, 15) is 4.79 Å². The van der Waals surface area contributed by atoms with Gasteiger partial charge in [-0.3, -0.25) is 4.79 Å². The van der Waals surface area contributed by atoms with E-state index in [0.717, 1.165) is 23.5 Å². The molecule has 0 spiro atoms. The van der Waals surface area contributed by atoms with Crippen molar-refractivity contribution < 1.29 is 9.53 Å². The van der Waals surface area contributed by atoms with Gasteiger partial charge >= 0.3 is 0 Å². The Labute approximate surface area is 122 Å². The van der Waals surface area contributed by atoms with Crippen molar-refractivity contribution in [1.82, 2.24) is 0 Å². The van der Waals surface area contributed by atoms with Crippen LogP contribution in [0.1, 0.15) is 27.7 Å². The topological polar surface area (TPSA) is 26.3 Å². The minimum atomic E-state index is 0.139. The number of benzene rings is 1. The Bertz CT molecular complexity index is 719. The van der Waals surface area contributed by atoms with E-state index in [2.05, 4.69) is 18.1 Å². The molecule has 3 heteroatoms. The number of hydrogen-bond donors (Lipinski definition) is 0. The summed E-state index contributed by atoms with van der Waals surface area (Å²) in [6.45, 7) is 1.91. The van der Waals surface area contributed by atoms with Crippen molar-refractivity contribution in [2.24, 2.45) is 0 Å². The monoisotopic (exact) mass is 282 g/mol. The molecule has 2 nitrogen and oxygen atoms in total. The summed E-state index contributed by atoms with van der Waals surface area (Å²) in [6, 6.07) is 8.11. The molecular formula is C17H14O2S. The zero-order valence-electron chi connectivity index (χ0n) is 11.2. The van der Waals surface area contributed by atoms with Gasteiger partial charge in [-0.1, -0.05) is 5.92 Å². The molecule has 2 aromatic rings. The second kappa shape index (κ2) is 5.15. The standard InChI is InChI=1S/C17H14O2S/c1-3-8-19-14-6-7-15-12(9-14)4-5-13-10-16(11(2)18)20-17(13)15/h1,6-7,9-10H,4-5,8H2,2H3. The fourth-order valence-corrected chi connectivity index (χ4v) is 3.66. The Morgan fingerprint density at radius 3 is 2.90 bits per heavy atom. The maximum atomic E-state index is 11.5. The third-order valence-corrected chi connectivity index (χ3v) is 4.77. The summed E-state index contributed by atoms with van der Waals surface area (Å²) in [5.41, 5.74) is 3.77. The summed E-state index contributed by atoms with van der Waals surface area (Å²) < 4.78 is 5.47. The first kappa shape index (κ1) is 13.0. The zero-order chi connectivity index (χ0) is 14.1. The summed E-state index contributed by atoms with van der Waals surface area (Å²) in [5.74, 6) is 3.42. The van der Waals surface area contributed by atoms with Crippen molar-refractivity contribution >= 4 is 17.1 Å². The van der Waals surface area contributed by atoms with Crippen LogP contribution in [0.2, 0.25) is 0 Å². The Hall–Kier alpha value is -2.05. The summed E-state index contributed by atoms with van der Waals surface area (Å²) in [6.07, 6.45) is 7.16. The number of hydrogen-bond acceptors (Lipinski definition) is 3. The van der Waals surface area contributed by atoms with Crippen LogP contribution in [0.15, 0.2) is 24.3 Å². The first-order valence-electron chi connectivity index (χ1n) is 6.52. The van der Waals surface area contributed by atoms with E-state index in [1.54, 1.807) is 18.3 Å². The maximum absolute atomic E-state index is 11.5. The quantitative estimate of drug-likeness (QED) is 0.633. The van der Waals surface area contributed by atoms with E-state index < -0.39 is 0 Å². The summed E-state index contributed by atoms with van der Waals surface area (Å²) in [5, 5.41) is 0. The van der Waals surface area contributed by atoms with E-state index in [-0.39, 0.29) is 12.4 Å². The van der Waals surface area contributed by atoms with Crippen molar-refractivity contribution in [2.45, 2.75) is 19.8 Å². The van der Waals surface area contributed by atoms with Crippen molar-refractivity contribution in [3.63, 3.8) is 0 Å². The lowest BCUT2D eigenvalue weighted by atomic mass is 9.91. The molecule has 1 aromatic heterocycles. The molecule has 0 saturated carbocycles. The van der Waals surface area contributed by atoms with Crippen molar-refractivity contribution in [2.75, 3.05) is 6.61 Å². The van der Waals surface area contributed by atoms with Gasteiger partial charge < -0.3 is 4.74 Å². The van der Waals surface area contributed by atoms with Crippen LogP contribution in [-0.4, -0.2) is 12.4 Å². The van der Waals surface area contributed by atoms with Crippen LogP contribution in [0.5, 0.6) is 5.75 Å². The predicted molar refractivity (Wildman–Crippen MR) is 81.5 cm³/mol. The lowest BCUT2D eigenvalue weighted by Crippen LogP contribution is -2.02. The van der Waals surface area contributed by atoms with Crippen LogP contribution in [0, 0.1) is 12.3 Å². The highest BCUT2D eigenvalue weighted by molar-refractivity contribution is 7.17. The van der Waals surface area contributed by atoms with E-state index in [0.29, 0.717) is 0 Å². The normalized spacial score (nSPS) is 12.2. The Kier molecular flexibility index (Phi) is 3.33. The van der Waals surface area contributed by atoms with Crippen LogP contribution in [-0.2, 0) is 12.8 Å². The second-order valence-corrected chi connectivity index (χ2v) is 5.89. The van der Waals surface area contributed by atoms with Crippen LogP contribution in [0.3, 0.4) is 0 Å². The molecule has 20 heavy (non-hydrogen) atoms. The number of aryl methyl sites for hydroxylation is 2. The van der Waals surface area contributed by atoms with Crippen LogP contribution < -0.4 is 4.74 Å². The van der Waals surface area contributed by atoms with E-state index >= 15 is 0 Å². The van der Waals surface area contributed by atoms with Crippen LogP contribution >= 0.6 is 11.3 Å². The Balaban J connectivity index is 2.00. The molecule has 1 aromatic carbocycles. The predicted octanol–water partition coefficient (Wildman–Crippen LogP) is 3.73. The van der Waals surface area contributed by atoms with Gasteiger partial charge in [0.25, 0.3) is 0 Å². The average Bonchev–Trinajstić information content (AvgIpc) is 2.89. The molecular weight excluding hydrogens is 268 g/mol. The molecule has 1 aliphatic carbocycles. The van der Waals surface area contributed by atoms with Crippen molar-refractivity contribution in [3.05, 3.63) is 40.3 Å². The largest absolute Gasteiger partial charge is 0.481 e. The van der Waals surface area contributed by atoms with Crippen LogP contribution in [0.4, 0.5) is 0 Å². The number of ether oxygens (including phenoxy) is 1. The first-order chi connectivity index (χ1) is 9.69. The number of rotatable bonds is 3. The molecule has 3 rings (SSSR count). The number of thiophene rings is 1. The number of fused-ring (bicyclic) bond motifs is 3. The lowest BCUT2D eigenvalue weighted by Gasteiger charge is -2.17. The van der Waals surface area contributed by atoms with Gasteiger partial charge in [-0.2, -0.15) is 0 Å². The SMILES string of the molecule is C#CCOc1ccc2c(c1)CCc1cc(C(C)=O)sc1-2. The molecule has 1 heterocycles. The highest BCUT2D eigenvalue weighted by atomic mass is 32.1. The molecule has 0 amide bonds. The highest BCUT2D eigenvalue weighted by Crippen LogP contribution is 2.40. The fourth-order valence-electron chi connectivity index (χ4n) is 2.50. The minimum Gasteiger partial charge on any atom is -0.481 e. The minimum absolute atomic E-state index is 0.139. The Morgan fingerprint density at radius 2 is 2.15 bits per heavy atom. The lowest BCUT2D eigenvalue weighted by molar-refractivity contribution is 0.102. The summed E-state index contributed by atoms with van der Waals surface area (Å²) in [4.78, 5) is 13.6. The molecule has 0 unspecified atom stereocenters. The van der Waals surface area contributed by atoms with Crippen molar-refractivity contribution in [1.29, 1.82) is 0 Å². The van der Waals surface area contributed by atoms with Gasteiger partial charge in [-0.25, -0.2) is 0 Å². The zero-order valence-corrected chi connectivity index (χ0v) is 12.0. The second-order valence-electron chi connectivity index (χ2n) is 4.83. The smallest absolute Gasteiger partial charge is 0.169 e. The number of terminal acetylenes is 1. The number of carbonyl (C=O) groups is 1. The third-order valence-electron chi connectivity index (χ3n) is 3.46. The van der Waals surface area contributed by atoms with Crippen molar-refractivity contribution in [3.8, 4) is 28.5 Å². The molecule has 0 N–H and O–H groups in total. The molecule has 0 fully saturated rings. The van der Waals surface area contributed by atoms with Gasteiger partial charge in [0.05, 0.1) is 4.88 Å². The number of carbonyl (C=O) groups excluding carboxylic acids is 1. The Morgan fingerprint density at radius 1 is 1.35 bits per heavy atom. The van der Waals surface area contributed by atoms with Gasteiger partial charge in [0.15, 0.2) is 5.78 Å². The third kappa shape index (κ3) is 2.23. The molecule has 1 aliphatic rings. The van der Waals surface area contributed by atoms with Gasteiger partial charge in [0, 0.05) is 4.88 Å². The van der Waals surface area contributed by atoms with Gasteiger partial charge in [0.1, 0.15) is 12.4 Å². The van der Waals surface area contributed by atoms with Gasteiger partial charge in [0.2, 0.25) is 0 Å². The number of Topliss-reactive ketones (excluding diaryl/α,β-unsaturated/α-hetero) is 1. The molecule has 0 bridgehead atoms. The first-order valence-corrected chi connectivity index (χ1v) is 7.34. The van der Waals surface area contributed by atoms with Crippen LogP contribution in [0.25, 0.3) is 10.4 Å². The molecule has 0 radical (unpaired) electrons. The maximum Gasteiger partial charge on any atom is 0.169 e. The number of ketones is 1. The van der Waals surface area contributed by atoms with E-state index in [1.807, 2.05) is 12.1 Å². The van der Waals surface area contributed by atoms with E-state index in [4.69, 9.17) is 11.2 Å². The summed E-state index contributed by atoms with van der Waals surface area (Å²) in [7, 11) is 0. The van der Waals surface area contributed by atoms with E-state index in [1.165, 1.54) is 21.6 Å². The van der Waals surface area contributed by atoms with Gasteiger partial charge in [-0.15, -0.1) is 17.8 Å².